The zero-order valence-electron chi connectivity index (χ0n) is 5.39. The zero-order valence-corrected chi connectivity index (χ0v) is 5.39. The molecule has 2 nitrogen and oxygen atoms in total. The van der Waals surface area contributed by atoms with Crippen molar-refractivity contribution in [2.24, 2.45) is 5.73 Å². The van der Waals surface area contributed by atoms with Crippen molar-refractivity contribution in [1.82, 2.24) is 0 Å². The third-order valence-electron chi connectivity index (χ3n) is 0.830. The molecule has 0 saturated heterocycles. The molecule has 49 valence electrons. The van der Waals surface area contributed by atoms with E-state index >= 15 is 0 Å². The quantitative estimate of drug-likeness (QED) is 0.438. The number of hydrogen-bond acceptors (Lipinski definition) is 2. The molecule has 0 saturated carbocycles. The summed E-state index contributed by atoms with van der Waals surface area (Å²) >= 11 is 0. The van der Waals surface area contributed by atoms with Crippen LogP contribution in [0.1, 0.15) is 19.8 Å². The Kier molecular flexibility index (Phi) is 5.01. The number of unbranched alkanes of at least 4 members (excludes halogenated alkanes) is 1. The van der Waals surface area contributed by atoms with Crippen LogP contribution < -0.4 is 5.73 Å². The Balaban J connectivity index is 2.72. The van der Waals surface area contributed by atoms with Gasteiger partial charge in [-0.25, -0.2) is 0 Å². The molecule has 0 aliphatic heterocycles. The maximum absolute atomic E-state index is 5.20. The van der Waals surface area contributed by atoms with Gasteiger partial charge in [0.25, 0.3) is 0 Å². The van der Waals surface area contributed by atoms with Gasteiger partial charge in [-0.1, -0.05) is 13.3 Å². The van der Waals surface area contributed by atoms with Gasteiger partial charge in [0.2, 0.25) is 0 Å². The fourth-order valence-electron chi connectivity index (χ4n) is 0.379. The standard InChI is InChI=1S/C6H14NO/c1-3-4-5-8-6(2)7/h6H,2-5,7H2,1H3. The largest absolute Gasteiger partial charge is 0.364 e. The second-order valence-electron chi connectivity index (χ2n) is 1.76. The van der Waals surface area contributed by atoms with Crippen LogP contribution in [0, 0.1) is 6.92 Å². The van der Waals surface area contributed by atoms with Gasteiger partial charge in [-0.2, -0.15) is 0 Å². The van der Waals surface area contributed by atoms with Gasteiger partial charge < -0.3 is 10.5 Å². The second kappa shape index (κ2) is 5.06. The van der Waals surface area contributed by atoms with E-state index in [-0.39, 0.29) is 6.23 Å². The minimum absolute atomic E-state index is 0.346. The normalized spacial score (nSPS) is 13.9. The van der Waals surface area contributed by atoms with E-state index in [1.807, 2.05) is 0 Å². The van der Waals surface area contributed by atoms with Gasteiger partial charge in [-0.15, -0.1) is 0 Å². The van der Waals surface area contributed by atoms with Crippen LogP contribution >= 0.6 is 0 Å². The van der Waals surface area contributed by atoms with Crippen molar-refractivity contribution < 1.29 is 4.74 Å². The lowest BCUT2D eigenvalue weighted by Gasteiger charge is -2.04. The van der Waals surface area contributed by atoms with Gasteiger partial charge in [-0.3, -0.25) is 0 Å². The first-order valence-electron chi connectivity index (χ1n) is 2.97. The Morgan fingerprint density at radius 2 is 2.38 bits per heavy atom. The van der Waals surface area contributed by atoms with Crippen LogP contribution in [0.4, 0.5) is 0 Å². The third kappa shape index (κ3) is 5.92. The lowest BCUT2D eigenvalue weighted by Crippen LogP contribution is -2.19. The molecule has 0 aromatic rings. The third-order valence-corrected chi connectivity index (χ3v) is 0.830. The summed E-state index contributed by atoms with van der Waals surface area (Å²) in [4.78, 5) is 0. The highest BCUT2D eigenvalue weighted by molar-refractivity contribution is 4.46. The van der Waals surface area contributed by atoms with E-state index in [0.29, 0.717) is 0 Å². The topological polar surface area (TPSA) is 35.2 Å². The lowest BCUT2D eigenvalue weighted by molar-refractivity contribution is 0.0855. The first-order valence-corrected chi connectivity index (χ1v) is 2.97. The molecule has 0 amide bonds. The monoisotopic (exact) mass is 116 g/mol. The van der Waals surface area contributed by atoms with E-state index in [1.165, 1.54) is 0 Å². The molecule has 0 heterocycles. The summed E-state index contributed by atoms with van der Waals surface area (Å²) in [5.41, 5.74) is 5.20. The van der Waals surface area contributed by atoms with E-state index in [0.717, 1.165) is 19.4 Å². The van der Waals surface area contributed by atoms with E-state index in [4.69, 9.17) is 10.5 Å². The van der Waals surface area contributed by atoms with Crippen LogP contribution in [-0.2, 0) is 4.74 Å². The summed E-state index contributed by atoms with van der Waals surface area (Å²) in [5.74, 6) is 0. The smallest absolute Gasteiger partial charge is 0.105 e. The van der Waals surface area contributed by atoms with Crippen molar-refractivity contribution in [3.8, 4) is 0 Å². The molecular formula is C6H14NO. The van der Waals surface area contributed by atoms with Crippen LogP contribution in [0.3, 0.4) is 0 Å². The van der Waals surface area contributed by atoms with Crippen LogP contribution in [0.25, 0.3) is 0 Å². The Bertz CT molecular complexity index is 45.8. The first kappa shape index (κ1) is 7.92. The molecule has 0 aromatic carbocycles. The summed E-state index contributed by atoms with van der Waals surface area (Å²) in [6.45, 7) is 6.31. The Labute approximate surface area is 51.0 Å². The van der Waals surface area contributed by atoms with Crippen molar-refractivity contribution >= 4 is 0 Å². The minimum Gasteiger partial charge on any atom is -0.364 e. The highest BCUT2D eigenvalue weighted by atomic mass is 16.5. The predicted octanol–water partition coefficient (Wildman–Crippen LogP) is 0.922. The van der Waals surface area contributed by atoms with Gasteiger partial charge >= 0.3 is 0 Å². The van der Waals surface area contributed by atoms with E-state index < -0.39 is 0 Å². The van der Waals surface area contributed by atoms with Gasteiger partial charge in [0.1, 0.15) is 6.23 Å². The molecule has 8 heavy (non-hydrogen) atoms. The molecule has 0 rings (SSSR count). The number of rotatable bonds is 4. The molecule has 0 aromatic heterocycles. The fourth-order valence-corrected chi connectivity index (χ4v) is 0.379. The number of ether oxygens (including phenoxy) is 1. The molecule has 1 radical (unpaired) electrons. The summed E-state index contributed by atoms with van der Waals surface area (Å²) < 4.78 is 4.95. The van der Waals surface area contributed by atoms with Crippen molar-refractivity contribution in [1.29, 1.82) is 0 Å². The average molecular weight is 116 g/mol. The summed E-state index contributed by atoms with van der Waals surface area (Å²) in [7, 11) is 0. The molecule has 2 N–H and O–H groups in total. The van der Waals surface area contributed by atoms with E-state index in [1.54, 1.807) is 0 Å². The Morgan fingerprint density at radius 1 is 1.75 bits per heavy atom. The van der Waals surface area contributed by atoms with Crippen molar-refractivity contribution in [2.75, 3.05) is 6.61 Å². The highest BCUT2D eigenvalue weighted by Crippen LogP contribution is 1.88. The molecule has 0 aliphatic rings. The number of hydrogen-bond donors (Lipinski definition) is 1. The summed E-state index contributed by atoms with van der Waals surface area (Å²) in [6, 6.07) is 0. The van der Waals surface area contributed by atoms with Crippen LogP contribution in [-0.4, -0.2) is 12.8 Å². The van der Waals surface area contributed by atoms with Crippen LogP contribution in [0.15, 0.2) is 0 Å². The zero-order chi connectivity index (χ0) is 6.41. The number of nitrogens with two attached hydrogens (primary N) is 1. The van der Waals surface area contributed by atoms with Gasteiger partial charge in [0, 0.05) is 6.61 Å². The fraction of sp³-hybridized carbons (Fsp3) is 0.833. The maximum Gasteiger partial charge on any atom is 0.105 e. The SMILES string of the molecule is [CH2]C(N)OCCCC. The molecule has 0 fully saturated rings. The van der Waals surface area contributed by atoms with Crippen LogP contribution in [0.5, 0.6) is 0 Å². The van der Waals surface area contributed by atoms with Crippen molar-refractivity contribution in [3.05, 3.63) is 6.92 Å². The minimum atomic E-state index is -0.346. The average Bonchev–Trinajstić information content (AvgIpc) is 1.66. The van der Waals surface area contributed by atoms with Crippen molar-refractivity contribution in [3.63, 3.8) is 0 Å². The van der Waals surface area contributed by atoms with E-state index in [9.17, 15) is 0 Å². The molecule has 0 spiro atoms. The van der Waals surface area contributed by atoms with Gasteiger partial charge in [0.15, 0.2) is 0 Å². The second-order valence-corrected chi connectivity index (χ2v) is 1.76. The predicted molar refractivity (Wildman–Crippen MR) is 34.2 cm³/mol. The molecule has 0 aliphatic carbocycles. The molecular weight excluding hydrogens is 102 g/mol. The first-order chi connectivity index (χ1) is 3.77. The van der Waals surface area contributed by atoms with Gasteiger partial charge in [0.05, 0.1) is 0 Å². The molecule has 1 atom stereocenters. The maximum atomic E-state index is 5.20. The van der Waals surface area contributed by atoms with Gasteiger partial charge in [-0.05, 0) is 13.3 Å². The molecule has 0 bridgehead atoms. The Hall–Kier alpha value is -0.0800. The molecule has 2 heteroatoms. The summed E-state index contributed by atoms with van der Waals surface area (Å²) in [6.07, 6.45) is 1.87. The molecule has 1 unspecified atom stereocenters. The van der Waals surface area contributed by atoms with Crippen molar-refractivity contribution in [2.45, 2.75) is 26.0 Å². The van der Waals surface area contributed by atoms with E-state index in [2.05, 4.69) is 13.8 Å². The highest BCUT2D eigenvalue weighted by Gasteiger charge is 1.89. The Morgan fingerprint density at radius 3 is 2.75 bits per heavy atom. The van der Waals surface area contributed by atoms with Crippen LogP contribution in [0.2, 0.25) is 0 Å². The summed E-state index contributed by atoms with van der Waals surface area (Å²) in [5, 5.41) is 0. The lowest BCUT2D eigenvalue weighted by atomic mass is 10.4.